The summed E-state index contributed by atoms with van der Waals surface area (Å²) in [6.07, 6.45) is 14.4. The van der Waals surface area contributed by atoms with Crippen LogP contribution in [0, 0.1) is 0 Å². The SMILES string of the molecule is BrC1=CC=C(c2ccc3c(c2)c2cc(-c4ccc5c(c4)c4cc(C6=CCC(Br)C=C6)ccc4n5-c4ccccc4)ccc2n3-c2ccccc2)CC1. The number of fused-ring (bicyclic) bond motifs is 6. The van der Waals surface area contributed by atoms with E-state index in [0.29, 0.717) is 4.83 Å². The van der Waals surface area contributed by atoms with Crippen LogP contribution in [0.1, 0.15) is 30.4 Å². The molecule has 4 heteroatoms. The van der Waals surface area contributed by atoms with Crippen LogP contribution in [0.4, 0.5) is 0 Å². The highest BCUT2D eigenvalue weighted by Crippen LogP contribution is 2.40. The minimum absolute atomic E-state index is 0.400. The third-order valence-electron chi connectivity index (χ3n) is 10.7. The fourth-order valence-electron chi connectivity index (χ4n) is 8.16. The van der Waals surface area contributed by atoms with Crippen molar-refractivity contribution in [1.82, 2.24) is 9.13 Å². The van der Waals surface area contributed by atoms with Crippen LogP contribution in [-0.2, 0) is 0 Å². The maximum atomic E-state index is 3.74. The maximum absolute atomic E-state index is 3.74. The molecule has 1 unspecified atom stereocenters. The Morgan fingerprint density at radius 1 is 0.500 bits per heavy atom. The molecule has 52 heavy (non-hydrogen) atoms. The lowest BCUT2D eigenvalue weighted by Gasteiger charge is -2.12. The van der Waals surface area contributed by atoms with Gasteiger partial charge in [0.15, 0.2) is 0 Å². The van der Waals surface area contributed by atoms with Gasteiger partial charge in [-0.3, -0.25) is 0 Å². The first kappa shape index (κ1) is 31.6. The van der Waals surface area contributed by atoms with E-state index in [1.54, 1.807) is 0 Å². The highest BCUT2D eigenvalue weighted by molar-refractivity contribution is 9.11. The van der Waals surface area contributed by atoms with E-state index in [9.17, 15) is 0 Å². The Kier molecular flexibility index (Phi) is 7.77. The molecule has 2 nitrogen and oxygen atoms in total. The molecular formula is C48H34Br2N2. The van der Waals surface area contributed by atoms with E-state index in [-0.39, 0.29) is 0 Å². The molecule has 8 aromatic rings. The highest BCUT2D eigenvalue weighted by Gasteiger charge is 2.18. The minimum Gasteiger partial charge on any atom is -0.309 e. The molecule has 250 valence electrons. The molecule has 0 radical (unpaired) electrons. The topological polar surface area (TPSA) is 9.86 Å². The van der Waals surface area contributed by atoms with Crippen LogP contribution in [-0.4, -0.2) is 14.0 Å². The summed E-state index contributed by atoms with van der Waals surface area (Å²) in [6.45, 7) is 0. The van der Waals surface area contributed by atoms with E-state index in [4.69, 9.17) is 0 Å². The van der Waals surface area contributed by atoms with Gasteiger partial charge in [-0.05, 0) is 130 Å². The Labute approximate surface area is 320 Å². The number of para-hydroxylation sites is 2. The van der Waals surface area contributed by atoms with Crippen LogP contribution in [0.15, 0.2) is 168 Å². The standard InChI is InChI=1S/C48H34Br2N2/c49-37-19-11-31(12-20-37)33-15-23-45-41(27-33)43-29-35(17-25-47(43)51(45)39-7-3-1-4-8-39)36-18-26-48-44(30-36)42-28-34(32-13-21-38(50)22-14-32)16-24-46(42)52(48)40-9-5-2-6-10-40/h1-13,15-19,21,23-30,37H,14,20,22H2. The summed E-state index contributed by atoms with van der Waals surface area (Å²) in [4.78, 5) is 0.400. The zero-order valence-electron chi connectivity index (χ0n) is 28.4. The summed E-state index contributed by atoms with van der Waals surface area (Å²) in [5.74, 6) is 0. The van der Waals surface area contributed by atoms with Gasteiger partial charge in [0, 0.05) is 37.7 Å². The number of alkyl halides is 1. The second-order valence-electron chi connectivity index (χ2n) is 13.8. The smallest absolute Gasteiger partial charge is 0.0541 e. The molecule has 0 fully saturated rings. The van der Waals surface area contributed by atoms with Crippen molar-refractivity contribution in [2.24, 2.45) is 0 Å². The van der Waals surface area contributed by atoms with Crippen molar-refractivity contribution < 1.29 is 0 Å². The molecule has 2 aliphatic carbocycles. The number of halogens is 2. The number of nitrogens with zero attached hydrogens (tertiary/aromatic N) is 2. The largest absolute Gasteiger partial charge is 0.309 e. The number of hydrogen-bond acceptors (Lipinski definition) is 0. The average molecular weight is 799 g/mol. The van der Waals surface area contributed by atoms with Crippen molar-refractivity contribution in [3.05, 3.63) is 179 Å². The van der Waals surface area contributed by atoms with E-state index >= 15 is 0 Å². The first-order valence-corrected chi connectivity index (χ1v) is 19.7. The summed E-state index contributed by atoms with van der Waals surface area (Å²) in [7, 11) is 0. The second kappa shape index (κ2) is 12.8. The van der Waals surface area contributed by atoms with Gasteiger partial charge in [-0.1, -0.05) is 123 Å². The predicted octanol–water partition coefficient (Wildman–Crippen LogP) is 14.1. The van der Waals surface area contributed by atoms with Gasteiger partial charge in [0.05, 0.1) is 22.1 Å². The Morgan fingerprint density at radius 3 is 1.46 bits per heavy atom. The van der Waals surface area contributed by atoms with Gasteiger partial charge in [-0.2, -0.15) is 0 Å². The lowest BCUT2D eigenvalue weighted by Crippen LogP contribution is -1.96. The zero-order valence-corrected chi connectivity index (χ0v) is 31.6. The van der Waals surface area contributed by atoms with E-state index in [0.717, 1.165) is 19.3 Å². The van der Waals surface area contributed by atoms with Gasteiger partial charge >= 0.3 is 0 Å². The van der Waals surface area contributed by atoms with Gasteiger partial charge in [-0.15, -0.1) is 0 Å². The minimum atomic E-state index is 0.400. The van der Waals surface area contributed by atoms with Crippen LogP contribution in [0.3, 0.4) is 0 Å². The molecule has 2 heterocycles. The van der Waals surface area contributed by atoms with E-state index in [2.05, 4.69) is 205 Å². The Morgan fingerprint density at radius 2 is 0.981 bits per heavy atom. The fourth-order valence-corrected chi connectivity index (χ4v) is 8.83. The Balaban J connectivity index is 1.18. The van der Waals surface area contributed by atoms with Gasteiger partial charge in [-0.25, -0.2) is 0 Å². The molecule has 0 saturated carbocycles. The number of hydrogen-bond donors (Lipinski definition) is 0. The van der Waals surface area contributed by atoms with Crippen LogP contribution in [0.25, 0.3) is 77.3 Å². The third kappa shape index (κ3) is 5.36. The summed E-state index contributed by atoms with van der Waals surface area (Å²) >= 11 is 7.43. The van der Waals surface area contributed by atoms with Gasteiger partial charge in [0.25, 0.3) is 0 Å². The van der Waals surface area contributed by atoms with Crippen LogP contribution < -0.4 is 0 Å². The Bertz CT molecular complexity index is 2830. The van der Waals surface area contributed by atoms with Crippen molar-refractivity contribution in [2.75, 3.05) is 0 Å². The summed E-state index contributed by atoms with van der Waals surface area (Å²) in [5, 5.41) is 5.07. The lowest BCUT2D eigenvalue weighted by atomic mass is 9.95. The second-order valence-corrected chi connectivity index (χ2v) is 16.0. The van der Waals surface area contributed by atoms with E-state index in [1.807, 2.05) is 0 Å². The summed E-state index contributed by atoms with van der Waals surface area (Å²) in [6, 6.07) is 49.5. The number of allylic oxidation sites excluding steroid dienone is 8. The molecule has 6 aromatic carbocycles. The van der Waals surface area contributed by atoms with Crippen molar-refractivity contribution >= 4 is 86.6 Å². The Hall–Kier alpha value is -5.16. The molecule has 2 aromatic heterocycles. The molecule has 1 atom stereocenters. The molecule has 0 aliphatic heterocycles. The fraction of sp³-hybridized carbons (Fsp3) is 0.0833. The van der Waals surface area contributed by atoms with Crippen molar-refractivity contribution in [2.45, 2.75) is 24.1 Å². The van der Waals surface area contributed by atoms with E-state index in [1.165, 1.54) is 92.9 Å². The molecule has 2 aliphatic rings. The monoisotopic (exact) mass is 796 g/mol. The molecule has 0 N–H and O–H groups in total. The quantitative estimate of drug-likeness (QED) is 0.154. The highest BCUT2D eigenvalue weighted by atomic mass is 79.9. The zero-order chi connectivity index (χ0) is 34.8. The van der Waals surface area contributed by atoms with Crippen LogP contribution >= 0.6 is 31.9 Å². The molecule has 10 rings (SSSR count). The summed E-state index contributed by atoms with van der Waals surface area (Å²) in [5.41, 5.74) is 14.9. The van der Waals surface area contributed by atoms with Crippen LogP contribution in [0.5, 0.6) is 0 Å². The maximum Gasteiger partial charge on any atom is 0.0541 e. The third-order valence-corrected chi connectivity index (χ3v) is 12.1. The van der Waals surface area contributed by atoms with Crippen molar-refractivity contribution in [3.63, 3.8) is 0 Å². The molecule has 0 saturated heterocycles. The van der Waals surface area contributed by atoms with Gasteiger partial charge in [0.1, 0.15) is 0 Å². The molecule has 0 bridgehead atoms. The van der Waals surface area contributed by atoms with Crippen LogP contribution in [0.2, 0.25) is 0 Å². The van der Waals surface area contributed by atoms with Crippen molar-refractivity contribution in [3.8, 4) is 22.5 Å². The van der Waals surface area contributed by atoms with Gasteiger partial charge < -0.3 is 9.13 Å². The average Bonchev–Trinajstić information content (AvgIpc) is 3.70. The summed E-state index contributed by atoms with van der Waals surface area (Å²) < 4.78 is 6.08. The number of aromatic nitrogens is 2. The van der Waals surface area contributed by atoms with Gasteiger partial charge in [0.2, 0.25) is 0 Å². The van der Waals surface area contributed by atoms with E-state index < -0.39 is 0 Å². The predicted molar refractivity (Wildman–Crippen MR) is 229 cm³/mol. The first-order valence-electron chi connectivity index (χ1n) is 18.0. The lowest BCUT2D eigenvalue weighted by molar-refractivity contribution is 1.04. The molecule has 0 amide bonds. The normalized spacial score (nSPS) is 16.1. The number of rotatable bonds is 5. The van der Waals surface area contributed by atoms with Crippen molar-refractivity contribution in [1.29, 1.82) is 0 Å². The molecular weight excluding hydrogens is 764 g/mol. The molecule has 0 spiro atoms. The number of benzene rings is 6. The first-order chi connectivity index (χ1) is 25.6.